The molecule has 9 aromatic carbocycles. The molecule has 4 nitrogen and oxygen atoms in total. The van der Waals surface area contributed by atoms with E-state index in [0.29, 0.717) is 22.9 Å². The Labute approximate surface area is 341 Å². The number of hydrogen-bond acceptors (Lipinski definition) is 3. The maximum atomic E-state index is 9.29. The average Bonchev–Trinajstić information content (AvgIpc) is 3.72. The van der Waals surface area contributed by atoms with E-state index < -0.39 is 48.3 Å². The van der Waals surface area contributed by atoms with Gasteiger partial charge in [-0.15, -0.1) is 0 Å². The summed E-state index contributed by atoms with van der Waals surface area (Å²) in [5.41, 5.74) is 5.99. The third kappa shape index (κ3) is 5.74. The molecule has 2 aromatic heterocycles. The number of aromatic nitrogens is 4. The van der Waals surface area contributed by atoms with Crippen LogP contribution in [0.5, 0.6) is 0 Å². The first-order valence-corrected chi connectivity index (χ1v) is 18.6. The van der Waals surface area contributed by atoms with Crippen LogP contribution in [0.4, 0.5) is 0 Å². The van der Waals surface area contributed by atoms with Crippen LogP contribution in [0.1, 0.15) is 11.0 Å². The Morgan fingerprint density at radius 2 is 0.825 bits per heavy atom. The van der Waals surface area contributed by atoms with Crippen LogP contribution in [0, 0.1) is 0 Å². The second kappa shape index (κ2) is 13.6. The normalized spacial score (nSPS) is 13.5. The molecule has 2 heterocycles. The third-order valence-corrected chi connectivity index (χ3v) is 10.5. The van der Waals surface area contributed by atoms with Gasteiger partial charge in [-0.25, -0.2) is 15.0 Å². The van der Waals surface area contributed by atoms with E-state index in [1.165, 1.54) is 4.57 Å². The highest BCUT2D eigenvalue weighted by molar-refractivity contribution is 6.10. The monoisotopic (exact) mass is 734 g/mol. The van der Waals surface area contributed by atoms with Crippen molar-refractivity contribution in [3.05, 3.63) is 206 Å². The van der Waals surface area contributed by atoms with Gasteiger partial charge >= 0.3 is 0 Å². The number of para-hydroxylation sites is 2. The molecule has 0 bridgehead atoms. The van der Waals surface area contributed by atoms with Crippen molar-refractivity contribution >= 4 is 43.4 Å². The summed E-state index contributed by atoms with van der Waals surface area (Å²) in [5.74, 6) is 1.01. The summed E-state index contributed by atoms with van der Waals surface area (Å²) < 4.78 is 73.1. The van der Waals surface area contributed by atoms with Crippen LogP contribution in [0.3, 0.4) is 0 Å². The Morgan fingerprint density at radius 3 is 1.53 bits per heavy atom. The van der Waals surface area contributed by atoms with Gasteiger partial charge in [0.1, 0.15) is 0 Å². The molecule has 0 saturated carbocycles. The summed E-state index contributed by atoms with van der Waals surface area (Å²) in [6.07, 6.45) is 0. The van der Waals surface area contributed by atoms with Crippen molar-refractivity contribution in [3.63, 3.8) is 0 Å². The molecular weight excluding hydrogens is 693 g/mol. The van der Waals surface area contributed by atoms with Crippen molar-refractivity contribution in [2.24, 2.45) is 0 Å². The highest BCUT2D eigenvalue weighted by atomic mass is 15.1. The molecule has 0 radical (unpaired) electrons. The molecule has 266 valence electrons. The fourth-order valence-corrected chi connectivity index (χ4v) is 7.72. The Kier molecular flexibility index (Phi) is 6.04. The van der Waals surface area contributed by atoms with E-state index in [1.54, 1.807) is 6.07 Å². The van der Waals surface area contributed by atoms with Crippen LogP contribution in [0.2, 0.25) is 0 Å². The molecule has 0 aliphatic carbocycles. The number of hydrogen-bond donors (Lipinski definition) is 0. The Hall–Kier alpha value is -7.69. The van der Waals surface area contributed by atoms with Crippen molar-refractivity contribution in [3.8, 4) is 62.1 Å². The van der Waals surface area contributed by atoms with Gasteiger partial charge in [-0.05, 0) is 74.1 Å². The lowest BCUT2D eigenvalue weighted by Crippen LogP contribution is -2.04. The van der Waals surface area contributed by atoms with Crippen molar-refractivity contribution in [2.45, 2.75) is 0 Å². The molecule has 11 rings (SSSR count). The van der Waals surface area contributed by atoms with Crippen molar-refractivity contribution in [1.82, 2.24) is 19.5 Å². The van der Waals surface area contributed by atoms with Gasteiger partial charge in [-0.3, -0.25) is 0 Å². The lowest BCUT2D eigenvalue weighted by molar-refractivity contribution is 1.06. The van der Waals surface area contributed by atoms with E-state index >= 15 is 0 Å². The van der Waals surface area contributed by atoms with Crippen molar-refractivity contribution < 1.29 is 11.0 Å². The zero-order valence-corrected chi connectivity index (χ0v) is 30.3. The lowest BCUT2D eigenvalue weighted by atomic mass is 9.95. The van der Waals surface area contributed by atoms with Gasteiger partial charge in [-0.1, -0.05) is 176 Å². The smallest absolute Gasteiger partial charge is 0.166 e. The van der Waals surface area contributed by atoms with Crippen LogP contribution in [-0.4, -0.2) is 19.5 Å². The summed E-state index contributed by atoms with van der Waals surface area (Å²) in [5, 5.41) is 4.31. The van der Waals surface area contributed by atoms with Gasteiger partial charge in [0.2, 0.25) is 0 Å². The van der Waals surface area contributed by atoms with E-state index in [2.05, 4.69) is 36.4 Å². The second-order valence-electron chi connectivity index (χ2n) is 13.9. The van der Waals surface area contributed by atoms with E-state index in [1.807, 2.05) is 115 Å². The molecule has 57 heavy (non-hydrogen) atoms. The zero-order valence-electron chi connectivity index (χ0n) is 38.3. The first kappa shape index (κ1) is 25.4. The number of fused-ring (bicyclic) bond motifs is 6. The molecule has 0 amide bonds. The Morgan fingerprint density at radius 1 is 0.351 bits per heavy atom. The maximum absolute atomic E-state index is 9.29. The lowest BCUT2D eigenvalue weighted by Gasteiger charge is -2.16. The minimum Gasteiger partial charge on any atom is -0.309 e. The largest absolute Gasteiger partial charge is 0.309 e. The zero-order chi connectivity index (χ0) is 44.7. The van der Waals surface area contributed by atoms with Crippen LogP contribution < -0.4 is 0 Å². The van der Waals surface area contributed by atoms with Crippen LogP contribution in [0.25, 0.3) is 105 Å². The maximum Gasteiger partial charge on any atom is 0.166 e. The standard InChI is InChI=1S/C53H34N4/c1-3-13-35(14-4-1)36-23-28-40(29-24-36)52-54-51(39-16-5-2-6-17-39)55-53(56-52)47-34-42(41-30-27-38-26-25-37-15-7-8-18-43(37)46(38)33-41)31-32-50(47)57-48-21-11-9-19-44(48)45-20-10-12-22-49(45)57/h1-34H/i9D,10D,11D,12D,19D,20D,21D,22D. The minimum absolute atomic E-state index is 0.00163. The predicted octanol–water partition coefficient (Wildman–Crippen LogP) is 13.6. The van der Waals surface area contributed by atoms with E-state index in [0.717, 1.165) is 54.9 Å². The van der Waals surface area contributed by atoms with Gasteiger partial charge in [0.05, 0.1) is 27.7 Å². The van der Waals surface area contributed by atoms with Gasteiger partial charge in [0.15, 0.2) is 17.5 Å². The van der Waals surface area contributed by atoms with Gasteiger partial charge < -0.3 is 4.57 Å². The topological polar surface area (TPSA) is 43.6 Å². The van der Waals surface area contributed by atoms with Crippen molar-refractivity contribution in [2.75, 3.05) is 0 Å². The molecule has 4 heteroatoms. The van der Waals surface area contributed by atoms with E-state index in [-0.39, 0.29) is 27.6 Å². The Bertz CT molecular complexity index is 3670. The summed E-state index contributed by atoms with van der Waals surface area (Å²) >= 11 is 0. The summed E-state index contributed by atoms with van der Waals surface area (Å²) in [6.45, 7) is 0. The first-order chi connectivity index (χ1) is 31.6. The molecule has 0 spiro atoms. The fraction of sp³-hybridized carbons (Fsp3) is 0. The van der Waals surface area contributed by atoms with E-state index in [9.17, 15) is 2.74 Å². The predicted molar refractivity (Wildman–Crippen MR) is 236 cm³/mol. The summed E-state index contributed by atoms with van der Waals surface area (Å²) in [7, 11) is 0. The molecule has 0 N–H and O–H groups in total. The molecule has 0 atom stereocenters. The Balaban J connectivity index is 1.24. The SMILES string of the molecule is [2H]c1c([2H])c([2H])c2c(c1[2H])c1c([2H])c([2H])c([2H])c([2H])c1n2-c1ccc(-c2ccc3ccc4ccccc4c3c2)cc1-c1nc(-c2ccccc2)nc(-c2ccc(-c3ccccc3)cc2)n1. The van der Waals surface area contributed by atoms with Gasteiger partial charge in [0, 0.05) is 27.5 Å². The highest BCUT2D eigenvalue weighted by Gasteiger charge is 2.20. The molecule has 0 saturated heterocycles. The first-order valence-electron chi connectivity index (χ1n) is 22.6. The summed E-state index contributed by atoms with van der Waals surface area (Å²) in [6, 6.07) is 48.3. The number of rotatable bonds is 6. The molecule has 0 fully saturated rings. The quantitative estimate of drug-likeness (QED) is 0.160. The van der Waals surface area contributed by atoms with Crippen LogP contribution >= 0.6 is 0 Å². The van der Waals surface area contributed by atoms with E-state index in [4.69, 9.17) is 23.2 Å². The molecule has 0 aliphatic rings. The van der Waals surface area contributed by atoms with Crippen LogP contribution in [0.15, 0.2) is 206 Å². The number of benzene rings is 9. The fourth-order valence-electron chi connectivity index (χ4n) is 7.72. The van der Waals surface area contributed by atoms with Gasteiger partial charge in [0.25, 0.3) is 0 Å². The number of nitrogens with zero attached hydrogens (tertiary/aromatic N) is 4. The second-order valence-corrected chi connectivity index (χ2v) is 13.9. The molecule has 0 unspecified atom stereocenters. The highest BCUT2D eigenvalue weighted by Crippen LogP contribution is 2.39. The average molecular weight is 735 g/mol. The van der Waals surface area contributed by atoms with Crippen molar-refractivity contribution in [1.29, 1.82) is 0 Å². The molecular formula is C53H34N4. The summed E-state index contributed by atoms with van der Waals surface area (Å²) in [4.78, 5) is 15.3. The van der Waals surface area contributed by atoms with Crippen LogP contribution in [-0.2, 0) is 0 Å². The third-order valence-electron chi connectivity index (χ3n) is 10.5. The minimum atomic E-state index is -0.513. The molecule has 0 aliphatic heterocycles. The molecule has 11 aromatic rings. The van der Waals surface area contributed by atoms with Gasteiger partial charge in [-0.2, -0.15) is 0 Å².